The van der Waals surface area contributed by atoms with E-state index in [-0.39, 0.29) is 17.4 Å². The van der Waals surface area contributed by atoms with Gasteiger partial charge in [0.1, 0.15) is 4.90 Å². The third-order valence-electron chi connectivity index (χ3n) is 4.52. The summed E-state index contributed by atoms with van der Waals surface area (Å²) in [6.45, 7) is 0.285. The highest BCUT2D eigenvalue weighted by molar-refractivity contribution is 7.90. The molecule has 5 nitrogen and oxygen atoms in total. The zero-order valence-corrected chi connectivity index (χ0v) is 17.5. The van der Waals surface area contributed by atoms with Crippen LogP contribution in [0.5, 0.6) is 0 Å². The number of para-hydroxylation sites is 1. The van der Waals surface area contributed by atoms with Crippen molar-refractivity contribution in [1.82, 2.24) is 4.72 Å². The predicted octanol–water partition coefficient (Wildman–Crippen LogP) is 4.84. The van der Waals surface area contributed by atoms with Crippen LogP contribution < -0.4 is 10.0 Å². The van der Waals surface area contributed by atoms with Crippen LogP contribution in [0.25, 0.3) is 0 Å². The van der Waals surface area contributed by atoms with Gasteiger partial charge in [-0.2, -0.15) is 0 Å². The fourth-order valence-electron chi connectivity index (χ4n) is 3.14. The van der Waals surface area contributed by atoms with Gasteiger partial charge in [-0.1, -0.05) is 65.7 Å². The largest absolute Gasteiger partial charge is 0.324 e. The van der Waals surface area contributed by atoms with E-state index in [1.807, 2.05) is 42.5 Å². The average Bonchev–Trinajstić information content (AvgIpc) is 2.68. The number of halogens is 2. The van der Waals surface area contributed by atoms with Gasteiger partial charge in [-0.15, -0.1) is 0 Å². The number of hydrogen-bond acceptors (Lipinski definition) is 3. The number of fused-ring (bicyclic) bond motifs is 1. The van der Waals surface area contributed by atoms with Crippen LogP contribution in [0, 0.1) is 0 Å². The molecule has 3 aromatic carbocycles. The molecule has 1 heterocycles. The van der Waals surface area contributed by atoms with Gasteiger partial charge < -0.3 is 5.32 Å². The fourth-order valence-corrected chi connectivity index (χ4v) is 4.74. The molecule has 1 aliphatic rings. The minimum Gasteiger partial charge on any atom is -0.324 e. The summed E-state index contributed by atoms with van der Waals surface area (Å²) < 4.78 is 28.0. The van der Waals surface area contributed by atoms with Gasteiger partial charge in [0, 0.05) is 16.5 Å². The Morgan fingerprint density at radius 3 is 2.45 bits per heavy atom. The highest BCUT2D eigenvalue weighted by Crippen LogP contribution is 2.31. The van der Waals surface area contributed by atoms with Crippen molar-refractivity contribution in [2.24, 2.45) is 4.99 Å². The SMILES string of the molecule is O=S1(=O)NC(=NCc2cccc(Cl)c2)Nc2c(Cc3ccccc3Cl)cccc21. The molecule has 4 rings (SSSR count). The van der Waals surface area contributed by atoms with Crippen LogP contribution in [-0.4, -0.2) is 14.4 Å². The number of guanidine groups is 1. The van der Waals surface area contributed by atoms with Crippen LogP contribution in [-0.2, 0) is 23.0 Å². The molecule has 0 radical (unpaired) electrons. The van der Waals surface area contributed by atoms with Gasteiger partial charge in [0.25, 0.3) is 10.0 Å². The third-order valence-corrected chi connectivity index (χ3v) is 6.51. The highest BCUT2D eigenvalue weighted by Gasteiger charge is 2.28. The standard InChI is InChI=1S/C21H17Cl2N3O2S/c22-17-8-3-5-14(11-17)13-24-21-25-20-16(12-15-6-1-2-9-18(15)23)7-4-10-19(20)29(27,28)26-21/h1-11H,12-13H2,(H2,24,25,26). The minimum atomic E-state index is -3.73. The molecule has 0 atom stereocenters. The number of anilines is 1. The Bertz CT molecular complexity index is 1210. The van der Waals surface area contributed by atoms with Crippen molar-refractivity contribution in [3.63, 3.8) is 0 Å². The molecule has 0 amide bonds. The molecule has 148 valence electrons. The molecule has 0 spiro atoms. The molecule has 1 aliphatic heterocycles. The van der Waals surface area contributed by atoms with E-state index in [0.717, 1.165) is 16.7 Å². The number of aliphatic imine (C=N–C) groups is 1. The first-order valence-electron chi connectivity index (χ1n) is 8.86. The third kappa shape index (κ3) is 4.40. The van der Waals surface area contributed by atoms with E-state index in [4.69, 9.17) is 23.2 Å². The molecule has 0 fully saturated rings. The number of rotatable bonds is 4. The first-order chi connectivity index (χ1) is 13.9. The lowest BCUT2D eigenvalue weighted by molar-refractivity contribution is 0.591. The summed E-state index contributed by atoms with van der Waals surface area (Å²) in [5.74, 6) is 0.170. The summed E-state index contributed by atoms with van der Waals surface area (Å²) in [6.07, 6.45) is 0.493. The normalized spacial score (nSPS) is 16.0. The number of sulfonamides is 1. The number of hydrogen-bond donors (Lipinski definition) is 2. The lowest BCUT2D eigenvalue weighted by atomic mass is 10.0. The molecule has 0 unspecified atom stereocenters. The predicted molar refractivity (Wildman–Crippen MR) is 117 cm³/mol. The van der Waals surface area contributed by atoms with Crippen LogP contribution in [0.15, 0.2) is 76.6 Å². The van der Waals surface area contributed by atoms with Gasteiger partial charge in [-0.05, 0) is 41.0 Å². The van der Waals surface area contributed by atoms with E-state index in [1.165, 1.54) is 0 Å². The van der Waals surface area contributed by atoms with E-state index < -0.39 is 10.0 Å². The summed E-state index contributed by atoms with van der Waals surface area (Å²) in [5, 5.41) is 4.37. The maximum absolute atomic E-state index is 12.7. The van der Waals surface area contributed by atoms with Gasteiger partial charge in [-0.3, -0.25) is 0 Å². The first kappa shape index (κ1) is 19.8. The molecular formula is C21H17Cl2N3O2S. The van der Waals surface area contributed by atoms with Gasteiger partial charge in [-0.25, -0.2) is 18.1 Å². The lowest BCUT2D eigenvalue weighted by Crippen LogP contribution is -2.41. The molecule has 0 aromatic heterocycles. The maximum Gasteiger partial charge on any atom is 0.266 e. The van der Waals surface area contributed by atoms with Crippen LogP contribution >= 0.6 is 23.2 Å². The zero-order valence-electron chi connectivity index (χ0n) is 15.2. The smallest absolute Gasteiger partial charge is 0.266 e. The Hall–Kier alpha value is -2.54. The van der Waals surface area contributed by atoms with E-state index in [9.17, 15) is 8.42 Å². The second kappa shape index (κ2) is 8.06. The van der Waals surface area contributed by atoms with Crippen molar-refractivity contribution in [2.45, 2.75) is 17.9 Å². The van der Waals surface area contributed by atoms with Crippen molar-refractivity contribution >= 4 is 44.9 Å². The molecule has 8 heteroatoms. The second-order valence-corrected chi connectivity index (χ2v) is 9.08. The summed E-state index contributed by atoms with van der Waals surface area (Å²) in [5.41, 5.74) is 3.12. The van der Waals surface area contributed by atoms with E-state index in [0.29, 0.717) is 22.2 Å². The molecule has 0 bridgehead atoms. The summed E-state index contributed by atoms with van der Waals surface area (Å²) in [4.78, 5) is 4.57. The van der Waals surface area contributed by atoms with E-state index >= 15 is 0 Å². The van der Waals surface area contributed by atoms with Crippen molar-refractivity contribution < 1.29 is 8.42 Å². The molecule has 0 saturated heterocycles. The summed E-state index contributed by atoms with van der Waals surface area (Å²) >= 11 is 12.3. The van der Waals surface area contributed by atoms with Gasteiger partial charge >= 0.3 is 0 Å². The molecular weight excluding hydrogens is 429 g/mol. The van der Waals surface area contributed by atoms with Crippen molar-refractivity contribution in [3.05, 3.63) is 93.5 Å². The van der Waals surface area contributed by atoms with Crippen molar-refractivity contribution in [3.8, 4) is 0 Å². The van der Waals surface area contributed by atoms with Gasteiger partial charge in [0.05, 0.1) is 12.2 Å². The minimum absolute atomic E-state index is 0.170. The van der Waals surface area contributed by atoms with E-state index in [2.05, 4.69) is 15.0 Å². The quantitative estimate of drug-likeness (QED) is 0.602. The molecule has 0 saturated carbocycles. The topological polar surface area (TPSA) is 70.6 Å². The number of benzene rings is 3. The number of nitrogens with zero attached hydrogens (tertiary/aromatic N) is 1. The summed E-state index contributed by atoms with van der Waals surface area (Å²) in [6, 6.07) is 19.9. The van der Waals surface area contributed by atoms with E-state index in [1.54, 1.807) is 24.3 Å². The first-order valence-corrected chi connectivity index (χ1v) is 11.1. The second-order valence-electron chi connectivity index (χ2n) is 6.58. The molecule has 3 aromatic rings. The Labute approximate surface area is 179 Å². The van der Waals surface area contributed by atoms with Gasteiger partial charge in [0.15, 0.2) is 0 Å². The zero-order chi connectivity index (χ0) is 20.4. The summed E-state index contributed by atoms with van der Waals surface area (Å²) in [7, 11) is -3.73. The monoisotopic (exact) mass is 445 g/mol. The van der Waals surface area contributed by atoms with Crippen molar-refractivity contribution in [1.29, 1.82) is 0 Å². The fraction of sp³-hybridized carbons (Fsp3) is 0.0952. The molecule has 0 aliphatic carbocycles. The van der Waals surface area contributed by atoms with Crippen LogP contribution in [0.1, 0.15) is 16.7 Å². The number of nitrogens with one attached hydrogen (secondary N) is 2. The Balaban J connectivity index is 1.68. The molecule has 2 N–H and O–H groups in total. The molecule has 29 heavy (non-hydrogen) atoms. The Kier molecular flexibility index (Phi) is 5.50. The average molecular weight is 446 g/mol. The highest BCUT2D eigenvalue weighted by atomic mass is 35.5. The van der Waals surface area contributed by atoms with Crippen LogP contribution in [0.4, 0.5) is 5.69 Å². The van der Waals surface area contributed by atoms with Crippen LogP contribution in [0.3, 0.4) is 0 Å². The Morgan fingerprint density at radius 2 is 1.66 bits per heavy atom. The Morgan fingerprint density at radius 1 is 0.897 bits per heavy atom. The maximum atomic E-state index is 12.7. The van der Waals surface area contributed by atoms with Gasteiger partial charge in [0.2, 0.25) is 5.96 Å². The van der Waals surface area contributed by atoms with Crippen LogP contribution in [0.2, 0.25) is 10.0 Å². The lowest BCUT2D eigenvalue weighted by Gasteiger charge is -2.24. The van der Waals surface area contributed by atoms with Crippen molar-refractivity contribution in [2.75, 3.05) is 5.32 Å².